The number of hydrogen-bond acceptors (Lipinski definition) is 4. The molecule has 0 saturated carbocycles. The molecule has 0 aromatic heterocycles. The molecule has 1 saturated heterocycles. The van der Waals surface area contributed by atoms with Crippen LogP contribution in [-0.4, -0.2) is 25.2 Å². The summed E-state index contributed by atoms with van der Waals surface area (Å²) in [7, 11) is 1.58. The second kappa shape index (κ2) is 6.61. The van der Waals surface area contributed by atoms with Gasteiger partial charge in [-0.25, -0.2) is 0 Å². The van der Waals surface area contributed by atoms with Crippen molar-refractivity contribution < 1.29 is 14.3 Å². The molecule has 1 aliphatic heterocycles. The van der Waals surface area contributed by atoms with Crippen LogP contribution in [0.2, 0.25) is 0 Å². The molecule has 2 atom stereocenters. The van der Waals surface area contributed by atoms with Crippen LogP contribution in [-0.2, 0) is 9.53 Å². The first-order chi connectivity index (χ1) is 9.58. The zero-order valence-corrected chi connectivity index (χ0v) is 12.0. The lowest BCUT2D eigenvalue weighted by Gasteiger charge is -2.12. The molecule has 0 radical (unpaired) electrons. The summed E-state index contributed by atoms with van der Waals surface area (Å²) in [4.78, 5) is 11.9. The molecule has 0 bridgehead atoms. The molecule has 2 unspecified atom stereocenters. The molecule has 1 aromatic carbocycles. The van der Waals surface area contributed by atoms with Gasteiger partial charge in [-0.1, -0.05) is 0 Å². The molecule has 2 rings (SSSR count). The summed E-state index contributed by atoms with van der Waals surface area (Å²) in [6, 6.07) is 5.20. The van der Waals surface area contributed by atoms with Crippen molar-refractivity contribution >= 4 is 17.3 Å². The van der Waals surface area contributed by atoms with Crippen molar-refractivity contribution in [2.24, 2.45) is 0 Å². The zero-order chi connectivity index (χ0) is 14.5. The average Bonchev–Trinajstić information content (AvgIpc) is 2.85. The molecule has 1 aromatic rings. The maximum absolute atomic E-state index is 11.9. The maximum atomic E-state index is 11.9. The quantitative estimate of drug-likeness (QED) is 0.812. The Morgan fingerprint density at radius 1 is 1.50 bits per heavy atom. The largest absolute Gasteiger partial charge is 0.497 e. The van der Waals surface area contributed by atoms with Crippen LogP contribution in [0.25, 0.3) is 0 Å². The molecule has 0 aliphatic carbocycles. The zero-order valence-electron chi connectivity index (χ0n) is 12.0. The van der Waals surface area contributed by atoms with E-state index in [9.17, 15) is 4.79 Å². The number of ether oxygens (including phenoxy) is 2. The first-order valence-corrected chi connectivity index (χ1v) is 6.97. The monoisotopic (exact) mass is 278 g/mol. The van der Waals surface area contributed by atoms with Gasteiger partial charge in [-0.05, 0) is 38.3 Å². The number of rotatable bonds is 5. The second-order valence-electron chi connectivity index (χ2n) is 5.19. The fourth-order valence-corrected chi connectivity index (χ4v) is 2.37. The number of carbonyl (C=O) groups is 1. The van der Waals surface area contributed by atoms with E-state index in [4.69, 9.17) is 15.2 Å². The van der Waals surface area contributed by atoms with Gasteiger partial charge in [0.25, 0.3) is 0 Å². The number of hydrogen-bond donors (Lipinski definition) is 2. The van der Waals surface area contributed by atoms with E-state index in [1.807, 2.05) is 0 Å². The molecular formula is C15H22N2O3. The van der Waals surface area contributed by atoms with Crippen molar-refractivity contribution in [2.75, 3.05) is 18.2 Å². The SMILES string of the molecule is COc1ccc(N)c(NC(=O)CCC2CCC(C)O2)c1. The van der Waals surface area contributed by atoms with E-state index in [-0.39, 0.29) is 12.0 Å². The molecule has 1 fully saturated rings. The minimum Gasteiger partial charge on any atom is -0.497 e. The average molecular weight is 278 g/mol. The first kappa shape index (κ1) is 14.7. The highest BCUT2D eigenvalue weighted by molar-refractivity contribution is 5.94. The Labute approximate surface area is 119 Å². The Bertz CT molecular complexity index is 476. The number of benzene rings is 1. The minimum atomic E-state index is -0.0480. The highest BCUT2D eigenvalue weighted by atomic mass is 16.5. The molecule has 5 nitrogen and oxygen atoms in total. The van der Waals surface area contributed by atoms with E-state index in [1.54, 1.807) is 25.3 Å². The molecule has 1 heterocycles. The summed E-state index contributed by atoms with van der Waals surface area (Å²) in [5.41, 5.74) is 6.96. The summed E-state index contributed by atoms with van der Waals surface area (Å²) >= 11 is 0. The fourth-order valence-electron chi connectivity index (χ4n) is 2.37. The number of amides is 1. The molecule has 20 heavy (non-hydrogen) atoms. The summed E-state index contributed by atoms with van der Waals surface area (Å²) in [5.74, 6) is 0.621. The van der Waals surface area contributed by atoms with E-state index in [2.05, 4.69) is 12.2 Å². The van der Waals surface area contributed by atoms with E-state index < -0.39 is 0 Å². The van der Waals surface area contributed by atoms with Crippen molar-refractivity contribution in [3.63, 3.8) is 0 Å². The van der Waals surface area contributed by atoms with Gasteiger partial charge in [0, 0.05) is 12.5 Å². The molecule has 0 spiro atoms. The lowest BCUT2D eigenvalue weighted by atomic mass is 10.1. The standard InChI is InChI=1S/C15H22N2O3/c1-10-3-4-11(20-10)6-8-15(18)17-14-9-12(19-2)5-7-13(14)16/h5,7,9-11H,3-4,6,8,16H2,1-2H3,(H,17,18). The van der Waals surface area contributed by atoms with Crippen LogP contribution in [0.15, 0.2) is 18.2 Å². The number of anilines is 2. The van der Waals surface area contributed by atoms with Gasteiger partial charge in [-0.3, -0.25) is 4.79 Å². The number of methoxy groups -OCH3 is 1. The third-order valence-corrected chi connectivity index (χ3v) is 3.55. The van der Waals surface area contributed by atoms with Crippen LogP contribution in [0.1, 0.15) is 32.6 Å². The van der Waals surface area contributed by atoms with E-state index in [1.165, 1.54) is 0 Å². The maximum Gasteiger partial charge on any atom is 0.224 e. The third-order valence-electron chi connectivity index (χ3n) is 3.55. The Morgan fingerprint density at radius 3 is 2.95 bits per heavy atom. The van der Waals surface area contributed by atoms with Crippen LogP contribution in [0.3, 0.4) is 0 Å². The Morgan fingerprint density at radius 2 is 2.30 bits per heavy atom. The highest BCUT2D eigenvalue weighted by Gasteiger charge is 2.22. The van der Waals surface area contributed by atoms with Gasteiger partial charge in [-0.2, -0.15) is 0 Å². The predicted molar refractivity (Wildman–Crippen MR) is 78.8 cm³/mol. The van der Waals surface area contributed by atoms with E-state index in [0.717, 1.165) is 19.3 Å². The second-order valence-corrected chi connectivity index (χ2v) is 5.19. The van der Waals surface area contributed by atoms with Crippen LogP contribution >= 0.6 is 0 Å². The van der Waals surface area contributed by atoms with Gasteiger partial charge >= 0.3 is 0 Å². The van der Waals surface area contributed by atoms with Gasteiger partial charge in [-0.15, -0.1) is 0 Å². The van der Waals surface area contributed by atoms with Crippen molar-refractivity contribution in [1.82, 2.24) is 0 Å². The fraction of sp³-hybridized carbons (Fsp3) is 0.533. The Hall–Kier alpha value is -1.75. The van der Waals surface area contributed by atoms with Crippen molar-refractivity contribution in [2.45, 2.75) is 44.8 Å². The summed E-state index contributed by atoms with van der Waals surface area (Å²) in [6.45, 7) is 2.07. The lowest BCUT2D eigenvalue weighted by Crippen LogP contribution is -2.16. The van der Waals surface area contributed by atoms with E-state index >= 15 is 0 Å². The number of nitrogens with one attached hydrogen (secondary N) is 1. The smallest absolute Gasteiger partial charge is 0.224 e. The molecule has 5 heteroatoms. The molecule has 110 valence electrons. The van der Waals surface area contributed by atoms with Gasteiger partial charge in [0.15, 0.2) is 0 Å². The first-order valence-electron chi connectivity index (χ1n) is 6.97. The topological polar surface area (TPSA) is 73.6 Å². The van der Waals surface area contributed by atoms with Crippen LogP contribution in [0.4, 0.5) is 11.4 Å². The van der Waals surface area contributed by atoms with Crippen molar-refractivity contribution in [1.29, 1.82) is 0 Å². The Kier molecular flexibility index (Phi) is 4.84. The highest BCUT2D eigenvalue weighted by Crippen LogP contribution is 2.26. The predicted octanol–water partition coefficient (Wildman–Crippen LogP) is 2.56. The van der Waals surface area contributed by atoms with Crippen molar-refractivity contribution in [3.05, 3.63) is 18.2 Å². The Balaban J connectivity index is 1.85. The van der Waals surface area contributed by atoms with Gasteiger partial charge in [0.1, 0.15) is 5.75 Å². The summed E-state index contributed by atoms with van der Waals surface area (Å²) in [6.07, 6.45) is 3.83. The van der Waals surface area contributed by atoms with E-state index in [0.29, 0.717) is 29.6 Å². The van der Waals surface area contributed by atoms with Crippen LogP contribution in [0, 0.1) is 0 Å². The van der Waals surface area contributed by atoms with Gasteiger partial charge < -0.3 is 20.5 Å². The number of carbonyl (C=O) groups excluding carboxylic acids is 1. The van der Waals surface area contributed by atoms with Crippen LogP contribution < -0.4 is 15.8 Å². The van der Waals surface area contributed by atoms with Gasteiger partial charge in [0.2, 0.25) is 5.91 Å². The normalized spacial score (nSPS) is 21.7. The summed E-state index contributed by atoms with van der Waals surface area (Å²) < 4.78 is 10.8. The molecule has 1 amide bonds. The number of nitrogens with two attached hydrogens (primary N) is 1. The van der Waals surface area contributed by atoms with Crippen molar-refractivity contribution in [3.8, 4) is 5.75 Å². The third kappa shape index (κ3) is 3.87. The molecular weight excluding hydrogens is 256 g/mol. The number of nitrogen functional groups attached to an aromatic ring is 1. The van der Waals surface area contributed by atoms with Gasteiger partial charge in [0.05, 0.1) is 30.7 Å². The molecule has 3 N–H and O–H groups in total. The minimum absolute atomic E-state index is 0.0480. The van der Waals surface area contributed by atoms with Crippen LogP contribution in [0.5, 0.6) is 5.75 Å². The lowest BCUT2D eigenvalue weighted by molar-refractivity contribution is -0.116. The molecule has 1 aliphatic rings. The summed E-state index contributed by atoms with van der Waals surface area (Å²) in [5, 5.41) is 2.82.